The monoisotopic (exact) mass is 674 g/mol. The number of hydrogen-bond donors (Lipinski definition) is 0. The number of aryl methyl sites for hydroxylation is 1. The topological polar surface area (TPSA) is 51.0 Å². The number of carbonyl (C=O) groups excluding carboxylic acids is 1. The van der Waals surface area contributed by atoms with E-state index in [9.17, 15) is 4.79 Å². The molecule has 7 aromatic rings. The first-order valence-electron chi connectivity index (χ1n) is 16.0. The number of nitrogens with zero attached hydrogens (tertiary/aromatic N) is 4. The van der Waals surface area contributed by atoms with Crippen molar-refractivity contribution in [3.05, 3.63) is 126 Å². The predicted molar refractivity (Wildman–Crippen MR) is 194 cm³/mol. The number of thiophene rings is 2. The first kappa shape index (κ1) is 31.6. The summed E-state index contributed by atoms with van der Waals surface area (Å²) < 4.78 is 32.2. The second-order valence-electron chi connectivity index (χ2n) is 11.5. The third-order valence-corrected chi connectivity index (χ3v) is 10.4. The van der Waals surface area contributed by atoms with Crippen LogP contribution in [-0.2, 0) is 6.54 Å². The Labute approximate surface area is 285 Å². The second-order valence-corrected chi connectivity index (χ2v) is 13.7. The molecule has 0 bridgehead atoms. The number of anilines is 3. The van der Waals surface area contributed by atoms with E-state index in [2.05, 4.69) is 53.3 Å². The van der Waals surface area contributed by atoms with Gasteiger partial charge in [0.15, 0.2) is 17.9 Å². The minimum absolute atomic E-state index is 0.0397. The van der Waals surface area contributed by atoms with Crippen LogP contribution in [0.3, 0.4) is 0 Å². The molecule has 48 heavy (non-hydrogen) atoms. The van der Waals surface area contributed by atoms with Gasteiger partial charge in [0.25, 0.3) is 0 Å². The largest absolute Gasteiger partial charge is 0.311 e. The fourth-order valence-corrected chi connectivity index (χ4v) is 7.81. The molecular weight excluding hydrogens is 643 g/mol. The van der Waals surface area contributed by atoms with Crippen molar-refractivity contribution in [2.45, 2.75) is 39.2 Å². The predicted octanol–water partition coefficient (Wildman–Crippen LogP) is 11.7. The van der Waals surface area contributed by atoms with E-state index in [-0.39, 0.29) is 11.1 Å². The van der Waals surface area contributed by atoms with Crippen molar-refractivity contribution >= 4 is 57.1 Å². The van der Waals surface area contributed by atoms with Gasteiger partial charge in [0.05, 0.1) is 22.5 Å². The number of fused-ring (bicyclic) bond motifs is 1. The van der Waals surface area contributed by atoms with Gasteiger partial charge in [0, 0.05) is 31.7 Å². The van der Waals surface area contributed by atoms with Crippen molar-refractivity contribution in [1.82, 2.24) is 15.0 Å². The van der Waals surface area contributed by atoms with Gasteiger partial charge in [-0.1, -0.05) is 74.7 Å². The highest BCUT2D eigenvalue weighted by molar-refractivity contribution is 7.19. The zero-order chi connectivity index (χ0) is 33.0. The lowest BCUT2D eigenvalue weighted by molar-refractivity contribution is 0.112. The van der Waals surface area contributed by atoms with Gasteiger partial charge in [-0.25, -0.2) is 8.78 Å². The normalized spacial score (nSPS) is 11.3. The fourth-order valence-electron chi connectivity index (χ4n) is 5.90. The van der Waals surface area contributed by atoms with E-state index in [0.29, 0.717) is 38.5 Å². The Balaban J connectivity index is 1.27. The van der Waals surface area contributed by atoms with Crippen LogP contribution in [0.4, 0.5) is 25.8 Å². The van der Waals surface area contributed by atoms with Gasteiger partial charge in [-0.2, -0.15) is 15.0 Å². The quantitative estimate of drug-likeness (QED) is 0.0956. The Morgan fingerprint density at radius 2 is 1.19 bits per heavy atom. The highest BCUT2D eigenvalue weighted by Crippen LogP contribution is 2.44. The highest BCUT2D eigenvalue weighted by Gasteiger charge is 2.27. The molecule has 0 fully saturated rings. The molecule has 0 aliphatic carbocycles. The maximum Gasteiger partial charge on any atom is 0.170 e. The summed E-state index contributed by atoms with van der Waals surface area (Å²) in [7, 11) is 0. The fraction of sp³-hybridized carbons (Fsp3) is 0.154. The number of halogens is 2. The van der Waals surface area contributed by atoms with Crippen LogP contribution in [0, 0.1) is 11.6 Å². The number of aldehydes is 1. The van der Waals surface area contributed by atoms with E-state index >= 15 is 8.78 Å². The molecule has 0 unspecified atom stereocenters. The van der Waals surface area contributed by atoms with E-state index in [1.165, 1.54) is 11.3 Å². The second kappa shape index (κ2) is 14.0. The number of benzene rings is 4. The Morgan fingerprint density at radius 1 is 0.646 bits per heavy atom. The molecular formula is C39H32F2N4OS2. The van der Waals surface area contributed by atoms with Gasteiger partial charge < -0.3 is 4.90 Å². The summed E-state index contributed by atoms with van der Waals surface area (Å²) in [6.45, 7) is 2.69. The number of para-hydroxylation sites is 2. The minimum Gasteiger partial charge on any atom is -0.311 e. The third kappa shape index (κ3) is 6.19. The van der Waals surface area contributed by atoms with Crippen molar-refractivity contribution in [2.75, 3.05) is 4.90 Å². The zero-order valence-electron chi connectivity index (χ0n) is 26.3. The molecule has 0 aliphatic rings. The number of aromatic nitrogens is 3. The van der Waals surface area contributed by atoms with Crippen LogP contribution in [0.15, 0.2) is 109 Å². The van der Waals surface area contributed by atoms with Gasteiger partial charge in [-0.05, 0) is 72.6 Å². The van der Waals surface area contributed by atoms with Crippen LogP contribution in [0.25, 0.3) is 42.4 Å². The molecule has 9 heteroatoms. The van der Waals surface area contributed by atoms with Crippen LogP contribution in [0.1, 0.15) is 42.3 Å². The Kier molecular flexibility index (Phi) is 9.22. The Hall–Kier alpha value is -4.99. The smallest absolute Gasteiger partial charge is 0.170 e. The molecule has 3 aromatic heterocycles. The number of unbranched alkanes of at least 4 members (excludes halogenated alkanes) is 3. The molecule has 5 nitrogen and oxygen atoms in total. The third-order valence-electron chi connectivity index (χ3n) is 8.25. The summed E-state index contributed by atoms with van der Waals surface area (Å²) in [4.78, 5) is 17.5. The number of rotatable bonds is 12. The average Bonchev–Trinajstić information content (AvgIpc) is 3.90. The van der Waals surface area contributed by atoms with Gasteiger partial charge in [-0.3, -0.25) is 4.79 Å². The summed E-state index contributed by atoms with van der Waals surface area (Å²) >= 11 is 2.49. The standard InChI is InChI=1S/C39H32F2N4OS2/c1-2-3-4-11-24-44-42-38-34(32-21-20-30(25-46)47-32)36(40)37(41)35(39(38)43-44)33-23-22-31(48-33)26-16-18-29(19-17-26)45(27-12-7-5-8-13-27)28-14-9-6-10-15-28/h5-10,12-23,25H,2-4,11,24H2,1H3. The van der Waals surface area contributed by atoms with E-state index in [4.69, 9.17) is 5.10 Å². The van der Waals surface area contributed by atoms with E-state index < -0.39 is 11.6 Å². The highest BCUT2D eigenvalue weighted by atomic mass is 32.1. The van der Waals surface area contributed by atoms with E-state index in [1.807, 2.05) is 60.7 Å². The lowest BCUT2D eigenvalue weighted by Gasteiger charge is -2.25. The summed E-state index contributed by atoms with van der Waals surface area (Å²) in [5.74, 6) is -1.96. The number of carbonyl (C=O) groups is 1. The van der Waals surface area contributed by atoms with Crippen molar-refractivity contribution in [1.29, 1.82) is 0 Å². The van der Waals surface area contributed by atoms with Gasteiger partial charge in [-0.15, -0.1) is 22.7 Å². The van der Waals surface area contributed by atoms with Gasteiger partial charge in [0.1, 0.15) is 11.0 Å². The van der Waals surface area contributed by atoms with E-state index in [0.717, 1.165) is 64.5 Å². The molecule has 0 amide bonds. The molecule has 4 aromatic carbocycles. The SMILES string of the molecule is CCCCCCn1nc2c(-c3ccc(C=O)s3)c(F)c(F)c(-c3ccc(-c4ccc(N(c5ccccc5)c5ccccc5)cc4)s3)c2n1. The number of hydrogen-bond acceptors (Lipinski definition) is 6. The first-order valence-corrected chi connectivity index (χ1v) is 17.6. The lowest BCUT2D eigenvalue weighted by Crippen LogP contribution is -2.09. The summed E-state index contributed by atoms with van der Waals surface area (Å²) in [6, 6.07) is 35.6. The average molecular weight is 675 g/mol. The molecule has 0 saturated heterocycles. The minimum atomic E-state index is -0.990. The van der Waals surface area contributed by atoms with Crippen LogP contribution in [0.2, 0.25) is 0 Å². The summed E-state index contributed by atoms with van der Waals surface area (Å²) in [5, 5.41) is 9.38. The molecule has 0 saturated carbocycles. The maximum absolute atomic E-state index is 16.2. The summed E-state index contributed by atoms with van der Waals surface area (Å²) in [6.07, 6.45) is 4.78. The van der Waals surface area contributed by atoms with Crippen molar-refractivity contribution in [3.8, 4) is 31.3 Å². The molecule has 0 atom stereocenters. The van der Waals surface area contributed by atoms with Gasteiger partial charge >= 0.3 is 0 Å². The molecule has 240 valence electrons. The summed E-state index contributed by atoms with van der Waals surface area (Å²) in [5.41, 5.74) is 4.80. The first-order chi connectivity index (χ1) is 23.6. The molecule has 0 N–H and O–H groups in total. The van der Waals surface area contributed by atoms with Gasteiger partial charge in [0.2, 0.25) is 0 Å². The Morgan fingerprint density at radius 3 is 1.75 bits per heavy atom. The maximum atomic E-state index is 16.2. The molecule has 0 radical (unpaired) electrons. The Bertz CT molecular complexity index is 2130. The van der Waals surface area contributed by atoms with E-state index in [1.54, 1.807) is 16.9 Å². The van der Waals surface area contributed by atoms with Crippen molar-refractivity contribution in [2.24, 2.45) is 0 Å². The molecule has 0 aliphatic heterocycles. The van der Waals surface area contributed by atoms with Crippen LogP contribution >= 0.6 is 22.7 Å². The van der Waals surface area contributed by atoms with Crippen LogP contribution < -0.4 is 4.90 Å². The van der Waals surface area contributed by atoms with Crippen LogP contribution in [-0.4, -0.2) is 21.3 Å². The molecule has 3 heterocycles. The van der Waals surface area contributed by atoms with Crippen LogP contribution in [0.5, 0.6) is 0 Å². The molecule has 0 spiro atoms. The lowest BCUT2D eigenvalue weighted by atomic mass is 10.0. The van der Waals surface area contributed by atoms with Crippen molar-refractivity contribution in [3.63, 3.8) is 0 Å². The molecule has 7 rings (SSSR count). The van der Waals surface area contributed by atoms with Crippen molar-refractivity contribution < 1.29 is 13.6 Å². The zero-order valence-corrected chi connectivity index (χ0v) is 27.9.